The smallest absolute Gasteiger partial charge is 0.265 e. The van der Waals surface area contributed by atoms with E-state index in [0.29, 0.717) is 12.1 Å². The van der Waals surface area contributed by atoms with Crippen LogP contribution in [0.5, 0.6) is 0 Å². The maximum Gasteiger partial charge on any atom is 0.265 e. The molecule has 0 spiro atoms. The minimum absolute atomic E-state index is 0.302. The summed E-state index contributed by atoms with van der Waals surface area (Å²) >= 11 is 3.51. The predicted molar refractivity (Wildman–Crippen MR) is 85.9 cm³/mol. The van der Waals surface area contributed by atoms with Crippen molar-refractivity contribution in [1.29, 1.82) is 0 Å². The van der Waals surface area contributed by atoms with Gasteiger partial charge in [-0.05, 0) is 36.6 Å². The summed E-state index contributed by atoms with van der Waals surface area (Å²) in [7, 11) is 0. The summed E-state index contributed by atoms with van der Waals surface area (Å²) in [6.45, 7) is 4.90. The molecule has 0 radical (unpaired) electrons. The van der Waals surface area contributed by atoms with Gasteiger partial charge in [0.1, 0.15) is 0 Å². The molecule has 0 aliphatic heterocycles. The number of hydrogen-bond donors (Lipinski definition) is 2. The van der Waals surface area contributed by atoms with Crippen molar-refractivity contribution in [2.75, 3.05) is 0 Å². The van der Waals surface area contributed by atoms with Crippen LogP contribution in [0.15, 0.2) is 28.7 Å². The van der Waals surface area contributed by atoms with Crippen LogP contribution in [-0.4, -0.2) is 15.7 Å². The molecule has 0 bridgehead atoms. The van der Waals surface area contributed by atoms with Crippen molar-refractivity contribution in [3.05, 3.63) is 51.3 Å². The second-order valence-corrected chi connectivity index (χ2v) is 5.63. The summed E-state index contributed by atoms with van der Waals surface area (Å²) in [5.41, 5.74) is 6.04. The SMILES string of the molecule is CCc1cc(CC)n(Cc2ccc(C(=O)NN)cc2Br)n1. The number of nitrogens with one attached hydrogen (secondary N) is 1. The molecule has 0 aliphatic rings. The zero-order valence-electron chi connectivity index (χ0n) is 12.2. The van der Waals surface area contributed by atoms with Crippen molar-refractivity contribution in [3.63, 3.8) is 0 Å². The van der Waals surface area contributed by atoms with Crippen LogP contribution in [0.3, 0.4) is 0 Å². The Kier molecular flexibility index (Phi) is 5.14. The van der Waals surface area contributed by atoms with Gasteiger partial charge in [-0.25, -0.2) is 5.84 Å². The molecule has 2 rings (SSSR count). The Morgan fingerprint density at radius 1 is 1.33 bits per heavy atom. The first-order chi connectivity index (χ1) is 10.1. The van der Waals surface area contributed by atoms with E-state index in [4.69, 9.17) is 5.84 Å². The highest BCUT2D eigenvalue weighted by Crippen LogP contribution is 2.21. The van der Waals surface area contributed by atoms with Crippen molar-refractivity contribution in [1.82, 2.24) is 15.2 Å². The average Bonchev–Trinajstić information content (AvgIpc) is 2.90. The Hall–Kier alpha value is -1.66. The number of nitrogens with two attached hydrogens (primary N) is 1. The van der Waals surface area contributed by atoms with E-state index in [1.54, 1.807) is 12.1 Å². The lowest BCUT2D eigenvalue weighted by molar-refractivity contribution is 0.0953. The number of hydrogen-bond acceptors (Lipinski definition) is 3. The van der Waals surface area contributed by atoms with Gasteiger partial charge in [0.05, 0.1) is 12.2 Å². The molecule has 6 heteroatoms. The van der Waals surface area contributed by atoms with E-state index in [-0.39, 0.29) is 5.91 Å². The van der Waals surface area contributed by atoms with Gasteiger partial charge in [-0.2, -0.15) is 5.10 Å². The molecule has 0 fully saturated rings. The molecule has 0 saturated heterocycles. The molecule has 0 saturated carbocycles. The number of benzene rings is 1. The third kappa shape index (κ3) is 3.51. The largest absolute Gasteiger partial charge is 0.290 e. The Balaban J connectivity index is 2.27. The minimum Gasteiger partial charge on any atom is -0.290 e. The van der Waals surface area contributed by atoms with Crippen molar-refractivity contribution in [2.24, 2.45) is 5.84 Å². The Labute approximate surface area is 132 Å². The van der Waals surface area contributed by atoms with Crippen molar-refractivity contribution in [3.8, 4) is 0 Å². The quantitative estimate of drug-likeness (QED) is 0.494. The Bertz CT molecular complexity index is 651. The minimum atomic E-state index is -0.302. The summed E-state index contributed by atoms with van der Waals surface area (Å²) in [5, 5.41) is 4.61. The van der Waals surface area contributed by atoms with Crippen molar-refractivity contribution < 1.29 is 4.79 Å². The van der Waals surface area contributed by atoms with Gasteiger partial charge in [0.2, 0.25) is 0 Å². The van der Waals surface area contributed by atoms with Gasteiger partial charge in [0, 0.05) is 15.7 Å². The fraction of sp³-hybridized carbons (Fsp3) is 0.333. The highest BCUT2D eigenvalue weighted by Gasteiger charge is 2.10. The standard InChI is InChI=1S/C15H19BrN4O/c1-3-12-8-13(4-2)20(19-12)9-11-6-5-10(7-14(11)16)15(21)18-17/h5-8H,3-4,9,17H2,1-2H3,(H,18,21). The molecule has 1 aromatic carbocycles. The number of halogens is 1. The lowest BCUT2D eigenvalue weighted by Gasteiger charge is -2.09. The number of rotatable bonds is 5. The van der Waals surface area contributed by atoms with Gasteiger partial charge in [0.15, 0.2) is 0 Å². The van der Waals surface area contributed by atoms with E-state index in [1.165, 1.54) is 5.69 Å². The number of carbonyl (C=O) groups is 1. The summed E-state index contributed by atoms with van der Waals surface area (Å²) in [4.78, 5) is 11.5. The number of amides is 1. The zero-order chi connectivity index (χ0) is 15.4. The molecule has 112 valence electrons. The van der Waals surface area contributed by atoms with Crippen LogP contribution < -0.4 is 11.3 Å². The van der Waals surface area contributed by atoms with Crippen LogP contribution in [0.1, 0.15) is 41.2 Å². The van der Waals surface area contributed by atoms with Crippen LogP contribution in [0.2, 0.25) is 0 Å². The molecule has 1 heterocycles. The second-order valence-electron chi connectivity index (χ2n) is 4.77. The van der Waals surface area contributed by atoms with E-state index in [0.717, 1.165) is 28.6 Å². The molecule has 0 aliphatic carbocycles. The highest BCUT2D eigenvalue weighted by molar-refractivity contribution is 9.10. The molecule has 21 heavy (non-hydrogen) atoms. The van der Waals surface area contributed by atoms with Crippen molar-refractivity contribution >= 4 is 21.8 Å². The van der Waals surface area contributed by atoms with Crippen LogP contribution in [0.4, 0.5) is 0 Å². The van der Waals surface area contributed by atoms with Gasteiger partial charge >= 0.3 is 0 Å². The number of nitrogens with zero attached hydrogens (tertiary/aromatic N) is 2. The third-order valence-corrected chi connectivity index (χ3v) is 4.14. The maximum absolute atomic E-state index is 11.5. The topological polar surface area (TPSA) is 72.9 Å². The highest BCUT2D eigenvalue weighted by atomic mass is 79.9. The average molecular weight is 351 g/mol. The first-order valence-electron chi connectivity index (χ1n) is 6.94. The molecule has 0 unspecified atom stereocenters. The molecule has 1 aromatic heterocycles. The van der Waals surface area contributed by atoms with Gasteiger partial charge in [-0.3, -0.25) is 14.9 Å². The zero-order valence-corrected chi connectivity index (χ0v) is 13.8. The predicted octanol–water partition coefficient (Wildman–Crippen LogP) is 2.42. The van der Waals surface area contributed by atoms with Gasteiger partial charge < -0.3 is 0 Å². The number of carbonyl (C=O) groups excluding carboxylic acids is 1. The van der Waals surface area contributed by atoms with E-state index in [1.807, 2.05) is 10.7 Å². The van der Waals surface area contributed by atoms with Crippen LogP contribution >= 0.6 is 15.9 Å². The van der Waals surface area contributed by atoms with E-state index < -0.39 is 0 Å². The molecule has 5 nitrogen and oxygen atoms in total. The fourth-order valence-corrected chi connectivity index (χ4v) is 2.67. The maximum atomic E-state index is 11.5. The first-order valence-corrected chi connectivity index (χ1v) is 7.73. The summed E-state index contributed by atoms with van der Waals surface area (Å²) in [6, 6.07) is 7.59. The van der Waals surface area contributed by atoms with E-state index >= 15 is 0 Å². The monoisotopic (exact) mass is 350 g/mol. The van der Waals surface area contributed by atoms with Crippen LogP contribution in [0, 0.1) is 0 Å². The number of aromatic nitrogens is 2. The molecular weight excluding hydrogens is 332 g/mol. The molecule has 2 aromatic rings. The van der Waals surface area contributed by atoms with Crippen LogP contribution in [0.25, 0.3) is 0 Å². The summed E-state index contributed by atoms with van der Waals surface area (Å²) < 4.78 is 2.89. The molecule has 3 N–H and O–H groups in total. The number of nitrogen functional groups attached to an aromatic ring is 1. The third-order valence-electron chi connectivity index (χ3n) is 3.40. The van der Waals surface area contributed by atoms with E-state index in [2.05, 4.69) is 46.4 Å². The van der Waals surface area contributed by atoms with Gasteiger partial charge in [-0.15, -0.1) is 0 Å². The molecule has 1 amide bonds. The molecule has 0 atom stereocenters. The Morgan fingerprint density at radius 2 is 2.10 bits per heavy atom. The lowest BCUT2D eigenvalue weighted by Crippen LogP contribution is -2.29. The van der Waals surface area contributed by atoms with Crippen LogP contribution in [-0.2, 0) is 19.4 Å². The fourth-order valence-electron chi connectivity index (χ4n) is 2.17. The second kappa shape index (κ2) is 6.87. The normalized spacial score (nSPS) is 10.7. The van der Waals surface area contributed by atoms with E-state index in [9.17, 15) is 4.79 Å². The lowest BCUT2D eigenvalue weighted by atomic mass is 10.1. The number of hydrazine groups is 1. The number of aryl methyl sites for hydroxylation is 2. The summed E-state index contributed by atoms with van der Waals surface area (Å²) in [5.74, 6) is 4.84. The van der Waals surface area contributed by atoms with Gasteiger partial charge in [0.25, 0.3) is 5.91 Å². The first kappa shape index (κ1) is 15.7. The van der Waals surface area contributed by atoms with Crippen molar-refractivity contribution in [2.45, 2.75) is 33.2 Å². The summed E-state index contributed by atoms with van der Waals surface area (Å²) in [6.07, 6.45) is 1.87. The van der Waals surface area contributed by atoms with Gasteiger partial charge in [-0.1, -0.05) is 35.8 Å². The Morgan fingerprint density at radius 3 is 2.67 bits per heavy atom. The molecular formula is C15H19BrN4O.